The number of nitrogens with one attached hydrogen (secondary N) is 1. The molecule has 1 amide bonds. The Morgan fingerprint density at radius 1 is 1.24 bits per heavy atom. The van der Waals surface area contributed by atoms with Crippen LogP contribution in [0.5, 0.6) is 0 Å². The van der Waals surface area contributed by atoms with Gasteiger partial charge in [0.25, 0.3) is 5.91 Å². The summed E-state index contributed by atoms with van der Waals surface area (Å²) in [6, 6.07) is 14.7. The van der Waals surface area contributed by atoms with Crippen molar-refractivity contribution in [1.82, 2.24) is 0 Å². The van der Waals surface area contributed by atoms with Crippen molar-refractivity contribution in [3.8, 4) is 6.07 Å². The summed E-state index contributed by atoms with van der Waals surface area (Å²) in [6.07, 6.45) is -0.832. The van der Waals surface area contributed by atoms with E-state index in [1.807, 2.05) is 6.07 Å². The first-order chi connectivity index (χ1) is 10.2. The second-order valence-corrected chi connectivity index (χ2v) is 4.29. The molecule has 0 saturated carbocycles. The third kappa shape index (κ3) is 3.25. The van der Waals surface area contributed by atoms with Crippen LogP contribution in [0.3, 0.4) is 0 Å². The molecule has 5 heteroatoms. The molecule has 106 valence electrons. The van der Waals surface area contributed by atoms with Crippen molar-refractivity contribution in [2.24, 2.45) is 0 Å². The van der Waals surface area contributed by atoms with Crippen LogP contribution < -0.4 is 5.32 Å². The van der Waals surface area contributed by atoms with E-state index in [4.69, 9.17) is 10.00 Å². The van der Waals surface area contributed by atoms with Gasteiger partial charge in [-0.05, 0) is 17.7 Å². The van der Waals surface area contributed by atoms with Crippen molar-refractivity contribution in [3.05, 3.63) is 65.5 Å². The zero-order valence-corrected chi connectivity index (χ0v) is 11.3. The number of carbonyl (C=O) groups is 1. The Labute approximate surface area is 121 Å². The Hall–Kier alpha value is -2.71. The minimum Gasteiger partial charge on any atom is -0.367 e. The molecular weight excluding hydrogens is 271 g/mol. The summed E-state index contributed by atoms with van der Waals surface area (Å²) in [5, 5.41) is 11.5. The number of halogens is 1. The maximum absolute atomic E-state index is 13.5. The second kappa shape index (κ2) is 6.64. The molecule has 0 heterocycles. The van der Waals surface area contributed by atoms with Gasteiger partial charge in [-0.1, -0.05) is 36.4 Å². The molecule has 0 saturated heterocycles. The number of ether oxygens (including phenoxy) is 1. The van der Waals surface area contributed by atoms with Crippen molar-refractivity contribution in [2.45, 2.75) is 6.10 Å². The SMILES string of the molecule is COC(C(=O)Nc1cccc(F)c1C#N)c1ccccc1. The average Bonchev–Trinajstić information content (AvgIpc) is 2.49. The van der Waals surface area contributed by atoms with Crippen LogP contribution in [0.2, 0.25) is 0 Å². The van der Waals surface area contributed by atoms with Crippen molar-refractivity contribution in [2.75, 3.05) is 12.4 Å². The van der Waals surface area contributed by atoms with Crippen LogP contribution in [-0.2, 0) is 9.53 Å². The Kier molecular flexibility index (Phi) is 4.64. The van der Waals surface area contributed by atoms with E-state index in [0.29, 0.717) is 5.56 Å². The van der Waals surface area contributed by atoms with Crippen molar-refractivity contribution in [1.29, 1.82) is 5.26 Å². The first-order valence-corrected chi connectivity index (χ1v) is 6.24. The molecule has 2 rings (SSSR count). The number of carbonyl (C=O) groups excluding carboxylic acids is 1. The molecule has 0 fully saturated rings. The highest BCUT2D eigenvalue weighted by molar-refractivity contribution is 5.96. The number of anilines is 1. The molecule has 0 radical (unpaired) electrons. The van der Waals surface area contributed by atoms with Crippen LogP contribution in [0.1, 0.15) is 17.2 Å². The van der Waals surface area contributed by atoms with Gasteiger partial charge < -0.3 is 10.1 Å². The molecule has 2 aromatic carbocycles. The van der Waals surface area contributed by atoms with Crippen LogP contribution >= 0.6 is 0 Å². The van der Waals surface area contributed by atoms with E-state index in [9.17, 15) is 9.18 Å². The van der Waals surface area contributed by atoms with Gasteiger partial charge in [0.2, 0.25) is 0 Å². The van der Waals surface area contributed by atoms with Crippen LogP contribution in [0.25, 0.3) is 0 Å². The quantitative estimate of drug-likeness (QED) is 0.938. The predicted molar refractivity (Wildman–Crippen MR) is 75.9 cm³/mol. The fourth-order valence-corrected chi connectivity index (χ4v) is 1.96. The van der Waals surface area contributed by atoms with Gasteiger partial charge in [0.15, 0.2) is 6.10 Å². The highest BCUT2D eigenvalue weighted by atomic mass is 19.1. The molecule has 1 atom stereocenters. The molecular formula is C16H13FN2O2. The number of benzene rings is 2. The topological polar surface area (TPSA) is 62.1 Å². The molecule has 2 aromatic rings. The third-order valence-corrected chi connectivity index (χ3v) is 2.96. The molecule has 4 nitrogen and oxygen atoms in total. The summed E-state index contributed by atoms with van der Waals surface area (Å²) in [5.74, 6) is -1.14. The van der Waals surface area contributed by atoms with Gasteiger partial charge in [0.05, 0.1) is 5.69 Å². The lowest BCUT2D eigenvalue weighted by Crippen LogP contribution is -2.23. The van der Waals surface area contributed by atoms with Gasteiger partial charge >= 0.3 is 0 Å². The van der Waals surface area contributed by atoms with Gasteiger partial charge in [-0.2, -0.15) is 5.26 Å². The van der Waals surface area contributed by atoms with E-state index in [-0.39, 0.29) is 11.3 Å². The first kappa shape index (κ1) is 14.7. The molecule has 1 unspecified atom stereocenters. The standard InChI is InChI=1S/C16H13FN2O2/c1-21-15(11-6-3-2-4-7-11)16(20)19-14-9-5-8-13(17)12(14)10-18/h2-9,15H,1H3,(H,19,20). The summed E-state index contributed by atoms with van der Waals surface area (Å²) in [5.41, 5.74) is 0.599. The van der Waals surface area contributed by atoms with E-state index in [1.54, 1.807) is 30.3 Å². The zero-order valence-electron chi connectivity index (χ0n) is 11.3. The molecule has 21 heavy (non-hydrogen) atoms. The molecule has 0 aliphatic carbocycles. The van der Waals surface area contributed by atoms with Gasteiger partial charge in [0, 0.05) is 7.11 Å². The van der Waals surface area contributed by atoms with E-state index < -0.39 is 17.8 Å². The van der Waals surface area contributed by atoms with Gasteiger partial charge in [-0.3, -0.25) is 4.79 Å². The Morgan fingerprint density at radius 2 is 1.95 bits per heavy atom. The smallest absolute Gasteiger partial charge is 0.258 e. The summed E-state index contributed by atoms with van der Waals surface area (Å²) >= 11 is 0. The number of methoxy groups -OCH3 is 1. The van der Waals surface area contributed by atoms with Crippen LogP contribution in [0, 0.1) is 17.1 Å². The van der Waals surface area contributed by atoms with Crippen molar-refractivity contribution < 1.29 is 13.9 Å². The van der Waals surface area contributed by atoms with Gasteiger partial charge in [0.1, 0.15) is 17.4 Å². The molecule has 0 bridgehead atoms. The lowest BCUT2D eigenvalue weighted by Gasteiger charge is -2.16. The van der Waals surface area contributed by atoms with Crippen molar-refractivity contribution >= 4 is 11.6 Å². The molecule has 0 aromatic heterocycles. The van der Waals surface area contributed by atoms with E-state index in [2.05, 4.69) is 5.32 Å². The Bertz CT molecular complexity index is 680. The highest BCUT2D eigenvalue weighted by Crippen LogP contribution is 2.22. The van der Waals surface area contributed by atoms with Gasteiger partial charge in [-0.15, -0.1) is 0 Å². The number of rotatable bonds is 4. The summed E-state index contributed by atoms with van der Waals surface area (Å²) in [6.45, 7) is 0. The number of amides is 1. The van der Waals surface area contributed by atoms with Gasteiger partial charge in [-0.25, -0.2) is 4.39 Å². The number of nitriles is 1. The zero-order chi connectivity index (χ0) is 15.2. The maximum Gasteiger partial charge on any atom is 0.258 e. The predicted octanol–water partition coefficient (Wildman–Crippen LogP) is 3.02. The summed E-state index contributed by atoms with van der Waals surface area (Å²) in [4.78, 5) is 12.3. The van der Waals surface area contributed by atoms with Crippen LogP contribution in [-0.4, -0.2) is 13.0 Å². The average molecular weight is 284 g/mol. The number of hydrogen-bond acceptors (Lipinski definition) is 3. The molecule has 0 aliphatic rings. The summed E-state index contributed by atoms with van der Waals surface area (Å²) in [7, 11) is 1.41. The lowest BCUT2D eigenvalue weighted by molar-refractivity contribution is -0.126. The molecule has 1 N–H and O–H groups in total. The molecule has 0 aliphatic heterocycles. The van der Waals surface area contributed by atoms with Crippen molar-refractivity contribution in [3.63, 3.8) is 0 Å². The van der Waals surface area contributed by atoms with Crippen LogP contribution in [0.4, 0.5) is 10.1 Å². The first-order valence-electron chi connectivity index (χ1n) is 6.24. The lowest BCUT2D eigenvalue weighted by atomic mass is 10.1. The van der Waals surface area contributed by atoms with Crippen LogP contribution in [0.15, 0.2) is 48.5 Å². The fourth-order valence-electron chi connectivity index (χ4n) is 1.96. The normalized spacial score (nSPS) is 11.5. The Morgan fingerprint density at radius 3 is 2.57 bits per heavy atom. The Balaban J connectivity index is 2.25. The number of nitrogens with zero attached hydrogens (tertiary/aromatic N) is 1. The number of hydrogen-bond donors (Lipinski definition) is 1. The largest absolute Gasteiger partial charge is 0.367 e. The summed E-state index contributed by atoms with van der Waals surface area (Å²) < 4.78 is 18.7. The maximum atomic E-state index is 13.5. The minimum atomic E-state index is -0.832. The van der Waals surface area contributed by atoms with E-state index >= 15 is 0 Å². The minimum absolute atomic E-state index is 0.125. The van der Waals surface area contributed by atoms with E-state index in [0.717, 1.165) is 0 Å². The van der Waals surface area contributed by atoms with E-state index in [1.165, 1.54) is 25.3 Å². The monoisotopic (exact) mass is 284 g/mol. The molecule has 0 spiro atoms. The fraction of sp³-hybridized carbons (Fsp3) is 0.125. The third-order valence-electron chi connectivity index (χ3n) is 2.96. The second-order valence-electron chi connectivity index (χ2n) is 4.29. The highest BCUT2D eigenvalue weighted by Gasteiger charge is 2.21.